The number of allylic oxidation sites excluding steroid dienone is 1. The largest absolute Gasteiger partial charge is 0.313 e. The van der Waals surface area contributed by atoms with Gasteiger partial charge < -0.3 is 9.13 Å². The van der Waals surface area contributed by atoms with E-state index in [0.29, 0.717) is 0 Å². The van der Waals surface area contributed by atoms with Crippen LogP contribution in [0.2, 0.25) is 0 Å². The standard InChI is InChI=1S/C36H26N2/c1-2-12-27(13-3-1)37-35-20-9-6-17-31(35)32-24-26(21-22-36(32)37)25-11-10-14-28(23-25)38-33-18-7-4-15-29(33)30-16-5-8-19-34(30)38/h1-8,10-19,21-24H,9,20H2. The molecule has 38 heavy (non-hydrogen) atoms. The van der Waals surface area contributed by atoms with E-state index in [4.69, 9.17) is 0 Å². The molecule has 0 saturated heterocycles. The Morgan fingerprint density at radius 1 is 0.474 bits per heavy atom. The van der Waals surface area contributed by atoms with Crippen molar-refractivity contribution in [3.8, 4) is 22.5 Å². The summed E-state index contributed by atoms with van der Waals surface area (Å²) in [6.07, 6.45) is 6.78. The van der Waals surface area contributed by atoms with Gasteiger partial charge in [0.25, 0.3) is 0 Å². The van der Waals surface area contributed by atoms with Crippen molar-refractivity contribution in [1.82, 2.24) is 9.13 Å². The fourth-order valence-corrected chi connectivity index (χ4v) is 6.30. The first-order valence-electron chi connectivity index (χ1n) is 13.4. The summed E-state index contributed by atoms with van der Waals surface area (Å²) in [5.74, 6) is 0. The lowest BCUT2D eigenvalue weighted by Crippen LogP contribution is -2.02. The summed E-state index contributed by atoms with van der Waals surface area (Å²) in [5.41, 5.74) is 11.4. The third-order valence-corrected chi connectivity index (χ3v) is 7.97. The minimum atomic E-state index is 1.06. The summed E-state index contributed by atoms with van der Waals surface area (Å²) in [4.78, 5) is 0. The van der Waals surface area contributed by atoms with Crippen LogP contribution in [0.5, 0.6) is 0 Å². The molecule has 0 bridgehead atoms. The lowest BCUT2D eigenvalue weighted by atomic mass is 9.98. The molecule has 2 nitrogen and oxygen atoms in total. The van der Waals surface area contributed by atoms with Gasteiger partial charge in [-0.2, -0.15) is 0 Å². The molecule has 1 aliphatic rings. The molecule has 0 fully saturated rings. The van der Waals surface area contributed by atoms with Crippen LogP contribution in [0.1, 0.15) is 17.7 Å². The van der Waals surface area contributed by atoms with Gasteiger partial charge in [-0.05, 0) is 72.5 Å². The zero-order valence-corrected chi connectivity index (χ0v) is 21.0. The SMILES string of the molecule is C1=Cc2c(n(-c3ccccc3)c3ccc(-c4cccc(-n5c6ccccc6c6ccccc65)c4)cc23)CC1. The maximum Gasteiger partial charge on any atom is 0.0541 e. The predicted molar refractivity (Wildman–Crippen MR) is 160 cm³/mol. The minimum absolute atomic E-state index is 1.06. The van der Waals surface area contributed by atoms with E-state index in [1.165, 1.54) is 66.5 Å². The topological polar surface area (TPSA) is 9.86 Å². The van der Waals surface area contributed by atoms with Gasteiger partial charge in [0.2, 0.25) is 0 Å². The number of fused-ring (bicyclic) bond motifs is 6. The average molecular weight is 487 g/mol. The smallest absolute Gasteiger partial charge is 0.0541 e. The van der Waals surface area contributed by atoms with Crippen LogP contribution < -0.4 is 0 Å². The number of para-hydroxylation sites is 3. The minimum Gasteiger partial charge on any atom is -0.313 e. The van der Waals surface area contributed by atoms with Gasteiger partial charge in [0.15, 0.2) is 0 Å². The van der Waals surface area contributed by atoms with Crippen LogP contribution in [0.3, 0.4) is 0 Å². The number of aromatic nitrogens is 2. The van der Waals surface area contributed by atoms with Crippen molar-refractivity contribution in [2.24, 2.45) is 0 Å². The third kappa shape index (κ3) is 3.13. The fraction of sp³-hybridized carbons (Fsp3) is 0.0556. The predicted octanol–water partition coefficient (Wildman–Crippen LogP) is 9.35. The Bertz CT molecular complexity index is 1960. The Morgan fingerprint density at radius 3 is 1.92 bits per heavy atom. The molecule has 0 saturated carbocycles. The molecule has 1 aliphatic carbocycles. The number of hydrogen-bond acceptors (Lipinski definition) is 0. The molecule has 2 aromatic heterocycles. The second-order valence-electron chi connectivity index (χ2n) is 10.1. The number of hydrogen-bond donors (Lipinski definition) is 0. The summed E-state index contributed by atoms with van der Waals surface area (Å²) < 4.78 is 4.84. The fourth-order valence-electron chi connectivity index (χ4n) is 6.30. The van der Waals surface area contributed by atoms with Crippen molar-refractivity contribution in [1.29, 1.82) is 0 Å². The molecule has 8 rings (SSSR count). The van der Waals surface area contributed by atoms with Crippen LogP contribution >= 0.6 is 0 Å². The maximum absolute atomic E-state index is 2.45. The molecule has 0 N–H and O–H groups in total. The number of rotatable bonds is 3. The van der Waals surface area contributed by atoms with Crippen LogP contribution in [0, 0.1) is 0 Å². The lowest BCUT2D eigenvalue weighted by molar-refractivity contribution is 0.888. The summed E-state index contributed by atoms with van der Waals surface area (Å²) >= 11 is 0. The van der Waals surface area contributed by atoms with Crippen LogP contribution in [-0.4, -0.2) is 9.13 Å². The van der Waals surface area contributed by atoms with Crippen LogP contribution in [0.4, 0.5) is 0 Å². The Morgan fingerprint density at radius 2 is 1.13 bits per heavy atom. The highest BCUT2D eigenvalue weighted by Crippen LogP contribution is 2.37. The van der Waals surface area contributed by atoms with E-state index in [2.05, 4.69) is 143 Å². The average Bonchev–Trinajstić information content (AvgIpc) is 3.50. The molecule has 7 aromatic rings. The zero-order chi connectivity index (χ0) is 25.1. The molecular formula is C36H26N2. The van der Waals surface area contributed by atoms with E-state index in [1.54, 1.807) is 0 Å². The maximum atomic E-state index is 2.45. The highest BCUT2D eigenvalue weighted by atomic mass is 15.0. The monoisotopic (exact) mass is 486 g/mol. The second-order valence-corrected chi connectivity index (χ2v) is 10.1. The highest BCUT2D eigenvalue weighted by Gasteiger charge is 2.19. The molecule has 0 atom stereocenters. The van der Waals surface area contributed by atoms with Crippen molar-refractivity contribution >= 4 is 38.8 Å². The molecule has 0 amide bonds. The Labute approximate surface area is 221 Å². The van der Waals surface area contributed by atoms with Crippen molar-refractivity contribution in [3.05, 3.63) is 139 Å². The molecule has 0 aliphatic heterocycles. The van der Waals surface area contributed by atoms with Crippen molar-refractivity contribution in [2.45, 2.75) is 12.8 Å². The summed E-state index contributed by atoms with van der Waals surface area (Å²) in [6, 6.07) is 44.1. The van der Waals surface area contributed by atoms with Crippen LogP contribution in [-0.2, 0) is 6.42 Å². The van der Waals surface area contributed by atoms with E-state index in [0.717, 1.165) is 12.8 Å². The summed E-state index contributed by atoms with van der Waals surface area (Å²) in [5, 5.41) is 3.89. The van der Waals surface area contributed by atoms with E-state index in [9.17, 15) is 0 Å². The Kier molecular flexibility index (Phi) is 4.68. The van der Waals surface area contributed by atoms with Gasteiger partial charge in [-0.15, -0.1) is 0 Å². The van der Waals surface area contributed by atoms with Crippen LogP contribution in [0.25, 0.3) is 61.3 Å². The summed E-state index contributed by atoms with van der Waals surface area (Å²) in [7, 11) is 0. The summed E-state index contributed by atoms with van der Waals surface area (Å²) in [6.45, 7) is 0. The normalized spacial score (nSPS) is 12.9. The highest BCUT2D eigenvalue weighted by molar-refractivity contribution is 6.09. The first-order valence-corrected chi connectivity index (χ1v) is 13.4. The lowest BCUT2D eigenvalue weighted by Gasteiger charge is -2.13. The zero-order valence-electron chi connectivity index (χ0n) is 21.0. The molecule has 5 aromatic carbocycles. The van der Waals surface area contributed by atoms with E-state index in [1.807, 2.05) is 0 Å². The molecule has 180 valence electrons. The van der Waals surface area contributed by atoms with Gasteiger partial charge >= 0.3 is 0 Å². The van der Waals surface area contributed by atoms with Crippen molar-refractivity contribution in [3.63, 3.8) is 0 Å². The molecule has 0 spiro atoms. The van der Waals surface area contributed by atoms with Crippen molar-refractivity contribution < 1.29 is 0 Å². The number of benzene rings is 5. The van der Waals surface area contributed by atoms with Gasteiger partial charge in [-0.1, -0.05) is 84.9 Å². The molecule has 0 radical (unpaired) electrons. The first-order chi connectivity index (χ1) is 18.9. The second kappa shape index (κ2) is 8.36. The number of nitrogens with zero attached hydrogens (tertiary/aromatic N) is 2. The molecule has 0 unspecified atom stereocenters. The van der Waals surface area contributed by atoms with Gasteiger partial charge in [-0.3, -0.25) is 0 Å². The van der Waals surface area contributed by atoms with Gasteiger partial charge in [0, 0.05) is 38.8 Å². The van der Waals surface area contributed by atoms with E-state index < -0.39 is 0 Å². The van der Waals surface area contributed by atoms with Gasteiger partial charge in [0.05, 0.1) is 16.6 Å². The Hall–Kier alpha value is -4.82. The van der Waals surface area contributed by atoms with Gasteiger partial charge in [-0.25, -0.2) is 0 Å². The molecular weight excluding hydrogens is 460 g/mol. The molecule has 2 heterocycles. The Balaban J connectivity index is 1.32. The van der Waals surface area contributed by atoms with Crippen LogP contribution in [0.15, 0.2) is 127 Å². The third-order valence-electron chi connectivity index (χ3n) is 7.97. The first kappa shape index (κ1) is 21.3. The molecule has 2 heteroatoms. The quantitative estimate of drug-likeness (QED) is 0.235. The van der Waals surface area contributed by atoms with Gasteiger partial charge in [0.1, 0.15) is 0 Å². The van der Waals surface area contributed by atoms with E-state index in [-0.39, 0.29) is 0 Å². The van der Waals surface area contributed by atoms with Crippen molar-refractivity contribution in [2.75, 3.05) is 0 Å². The van der Waals surface area contributed by atoms with E-state index >= 15 is 0 Å².